The highest BCUT2D eigenvalue weighted by molar-refractivity contribution is 7.90. The van der Waals surface area contributed by atoms with Crippen LogP contribution in [0.5, 0.6) is 0 Å². The number of carbonyl (C=O) groups is 8. The van der Waals surface area contributed by atoms with Crippen LogP contribution in [0.3, 0.4) is 0 Å². The molecular formula is C29H24O12S. The van der Waals surface area contributed by atoms with Crippen molar-refractivity contribution in [3.63, 3.8) is 0 Å². The second kappa shape index (κ2) is 11.7. The molecular weight excluding hydrogens is 572 g/mol. The first-order chi connectivity index (χ1) is 19.8. The monoisotopic (exact) mass is 596 g/mol. The summed E-state index contributed by atoms with van der Waals surface area (Å²) >= 11 is 0. The number of ether oxygens (including phenoxy) is 2. The number of rotatable bonds is 11. The summed E-state index contributed by atoms with van der Waals surface area (Å²) in [7, 11) is -4.19. The van der Waals surface area contributed by atoms with Crippen LogP contribution in [-0.2, 0) is 44.2 Å². The summed E-state index contributed by atoms with van der Waals surface area (Å²) in [4.78, 5) is 99.2. The Balaban J connectivity index is 1.54. The third kappa shape index (κ3) is 5.59. The van der Waals surface area contributed by atoms with Gasteiger partial charge in [-0.3, -0.25) is 38.4 Å². The first-order valence-electron chi connectivity index (χ1n) is 12.8. The lowest BCUT2D eigenvalue weighted by Crippen LogP contribution is -2.28. The molecule has 0 aliphatic heterocycles. The van der Waals surface area contributed by atoms with Crippen LogP contribution in [0.25, 0.3) is 0 Å². The van der Waals surface area contributed by atoms with Gasteiger partial charge in [-0.2, -0.15) is 0 Å². The zero-order valence-electron chi connectivity index (χ0n) is 22.5. The van der Waals surface area contributed by atoms with Gasteiger partial charge in [0.1, 0.15) is 24.7 Å². The van der Waals surface area contributed by atoms with Crippen molar-refractivity contribution >= 4 is 56.5 Å². The molecule has 0 saturated carbocycles. The average Bonchev–Trinajstić information content (AvgIpc) is 3.32. The summed E-state index contributed by atoms with van der Waals surface area (Å²) < 4.78 is 35.9. The molecule has 218 valence electrons. The molecule has 2 aromatic carbocycles. The number of ketones is 6. The Morgan fingerprint density at radius 3 is 1.55 bits per heavy atom. The van der Waals surface area contributed by atoms with Crippen molar-refractivity contribution in [2.75, 3.05) is 13.2 Å². The van der Waals surface area contributed by atoms with Gasteiger partial charge in [0.05, 0.1) is 23.9 Å². The summed E-state index contributed by atoms with van der Waals surface area (Å²) in [6.07, 6.45) is -1.55. The zero-order valence-corrected chi connectivity index (χ0v) is 23.3. The van der Waals surface area contributed by atoms with Crippen molar-refractivity contribution in [3.8, 4) is 0 Å². The quantitative estimate of drug-likeness (QED) is 0.270. The van der Waals surface area contributed by atoms with Gasteiger partial charge < -0.3 is 9.47 Å². The van der Waals surface area contributed by atoms with Crippen LogP contribution in [0.2, 0.25) is 0 Å². The third-order valence-electron chi connectivity index (χ3n) is 6.79. The standard InChI is InChI=1S/C29H24O12S/c1-3-40-22(32)11-20(30)24-26(34)16-7-5-14(9-18(16)28(24)36)13-42(38,39)15-6-8-17-19(10-15)29(37)25(27(17)35)21(31)12-23(33)41-4-2/h5-10,24-25H,3-4,11-13H2,1-2H3. The molecule has 0 saturated heterocycles. The minimum absolute atomic E-state index is 0.00297. The number of sulfone groups is 1. The van der Waals surface area contributed by atoms with E-state index in [1.807, 2.05) is 0 Å². The van der Waals surface area contributed by atoms with E-state index >= 15 is 0 Å². The molecule has 13 heteroatoms. The molecule has 42 heavy (non-hydrogen) atoms. The fraction of sp³-hybridized carbons (Fsp3) is 0.310. The maximum Gasteiger partial charge on any atom is 0.313 e. The van der Waals surface area contributed by atoms with Gasteiger partial charge >= 0.3 is 11.9 Å². The molecule has 0 radical (unpaired) electrons. The van der Waals surface area contributed by atoms with E-state index in [1.54, 1.807) is 0 Å². The molecule has 2 aliphatic rings. The molecule has 0 fully saturated rings. The molecule has 0 spiro atoms. The molecule has 2 atom stereocenters. The van der Waals surface area contributed by atoms with Crippen LogP contribution in [0.4, 0.5) is 0 Å². The first kappa shape index (κ1) is 30.3. The molecule has 0 amide bonds. The summed E-state index contributed by atoms with van der Waals surface area (Å²) in [5.74, 6) is -11.3. The average molecular weight is 597 g/mol. The van der Waals surface area contributed by atoms with E-state index in [9.17, 15) is 46.8 Å². The van der Waals surface area contributed by atoms with Crippen LogP contribution >= 0.6 is 0 Å². The normalized spacial score (nSPS) is 17.6. The number of fused-ring (bicyclic) bond motifs is 2. The van der Waals surface area contributed by atoms with Crippen molar-refractivity contribution in [1.29, 1.82) is 0 Å². The van der Waals surface area contributed by atoms with E-state index in [0.717, 1.165) is 18.2 Å². The van der Waals surface area contributed by atoms with Crippen molar-refractivity contribution in [1.82, 2.24) is 0 Å². The third-order valence-corrected chi connectivity index (χ3v) is 8.48. The number of Topliss-reactive ketones (excluding diaryl/α,β-unsaturated/α-hetero) is 6. The maximum atomic E-state index is 13.2. The summed E-state index contributed by atoms with van der Waals surface area (Å²) in [6, 6.07) is 6.90. The Hall–Kier alpha value is -4.65. The van der Waals surface area contributed by atoms with E-state index < -0.39 is 86.9 Å². The number of hydrogen-bond acceptors (Lipinski definition) is 12. The minimum Gasteiger partial charge on any atom is -0.466 e. The highest BCUT2D eigenvalue weighted by Crippen LogP contribution is 2.33. The minimum atomic E-state index is -4.19. The van der Waals surface area contributed by atoms with Crippen LogP contribution in [0.1, 0.15) is 73.7 Å². The fourth-order valence-corrected chi connectivity index (χ4v) is 6.25. The lowest BCUT2D eigenvalue weighted by Gasteiger charge is -2.08. The van der Waals surface area contributed by atoms with Crippen molar-refractivity contribution in [3.05, 3.63) is 64.2 Å². The molecule has 0 aromatic heterocycles. The van der Waals surface area contributed by atoms with E-state index in [0.29, 0.717) is 0 Å². The molecule has 12 nitrogen and oxygen atoms in total. The van der Waals surface area contributed by atoms with Gasteiger partial charge in [-0.1, -0.05) is 12.1 Å². The van der Waals surface area contributed by atoms with Crippen LogP contribution in [0, 0.1) is 11.8 Å². The SMILES string of the molecule is CCOC(=O)CC(=O)C1C(=O)c2ccc(CS(=O)(=O)c3ccc4c(c3)C(=O)C(C(=O)CC(=O)OCC)C4=O)cc2C1=O. The largest absolute Gasteiger partial charge is 0.466 e. The zero-order chi connectivity index (χ0) is 30.9. The van der Waals surface area contributed by atoms with E-state index in [4.69, 9.17) is 4.74 Å². The highest BCUT2D eigenvalue weighted by atomic mass is 32.2. The smallest absolute Gasteiger partial charge is 0.313 e. The fourth-order valence-electron chi connectivity index (χ4n) is 4.90. The topological polar surface area (TPSA) is 189 Å². The molecule has 2 aromatic rings. The second-order valence-electron chi connectivity index (χ2n) is 9.57. The predicted molar refractivity (Wildman–Crippen MR) is 141 cm³/mol. The number of benzene rings is 2. The van der Waals surface area contributed by atoms with Crippen LogP contribution < -0.4 is 0 Å². The number of hydrogen-bond donors (Lipinski definition) is 0. The van der Waals surface area contributed by atoms with Crippen molar-refractivity contribution < 1.29 is 56.2 Å². The van der Waals surface area contributed by atoms with E-state index in [-0.39, 0.29) is 45.9 Å². The first-order valence-corrected chi connectivity index (χ1v) is 14.5. The summed E-state index contributed by atoms with van der Waals surface area (Å²) in [6.45, 7) is 3.08. The molecule has 0 N–H and O–H groups in total. The maximum absolute atomic E-state index is 13.2. The highest BCUT2D eigenvalue weighted by Gasteiger charge is 2.45. The lowest BCUT2D eigenvalue weighted by atomic mass is 9.96. The van der Waals surface area contributed by atoms with Gasteiger partial charge in [-0.25, -0.2) is 8.42 Å². The lowest BCUT2D eigenvalue weighted by molar-refractivity contribution is -0.147. The molecule has 0 heterocycles. The van der Waals surface area contributed by atoms with Crippen LogP contribution in [-0.4, -0.2) is 68.3 Å². The van der Waals surface area contributed by atoms with Gasteiger partial charge in [-0.05, 0) is 43.7 Å². The van der Waals surface area contributed by atoms with Crippen LogP contribution in [0.15, 0.2) is 41.3 Å². The Morgan fingerprint density at radius 1 is 0.643 bits per heavy atom. The molecule has 2 aliphatic carbocycles. The van der Waals surface area contributed by atoms with Gasteiger partial charge in [-0.15, -0.1) is 0 Å². The Morgan fingerprint density at radius 2 is 1.07 bits per heavy atom. The van der Waals surface area contributed by atoms with E-state index in [1.165, 1.54) is 32.0 Å². The Bertz CT molecular complexity index is 1700. The van der Waals surface area contributed by atoms with Gasteiger partial charge in [0.15, 0.2) is 44.5 Å². The van der Waals surface area contributed by atoms with Gasteiger partial charge in [0.25, 0.3) is 0 Å². The number of carbonyl (C=O) groups excluding carboxylic acids is 8. The molecule has 2 unspecified atom stereocenters. The van der Waals surface area contributed by atoms with Gasteiger partial charge in [0.2, 0.25) is 0 Å². The second-order valence-corrected chi connectivity index (χ2v) is 11.6. The Kier molecular flexibility index (Phi) is 8.43. The summed E-state index contributed by atoms with van der Waals surface area (Å²) in [5, 5.41) is 0. The van der Waals surface area contributed by atoms with Crippen molar-refractivity contribution in [2.24, 2.45) is 11.8 Å². The number of esters is 2. The molecule has 4 rings (SSSR count). The van der Waals surface area contributed by atoms with Gasteiger partial charge in [0, 0.05) is 22.3 Å². The summed E-state index contributed by atoms with van der Waals surface area (Å²) in [5.41, 5.74) is -0.572. The van der Waals surface area contributed by atoms with E-state index in [2.05, 4.69) is 4.74 Å². The predicted octanol–water partition coefficient (Wildman–Crippen LogP) is 1.70. The Labute approximate surface area is 239 Å². The van der Waals surface area contributed by atoms with Crippen molar-refractivity contribution in [2.45, 2.75) is 37.3 Å². The molecule has 0 bridgehead atoms.